The normalized spacial score (nSPS) is 19.7. The Balaban J connectivity index is 1.92. The van der Waals surface area contributed by atoms with Crippen molar-refractivity contribution in [2.24, 2.45) is 4.99 Å². The average molecular weight is 335 g/mol. The lowest BCUT2D eigenvalue weighted by molar-refractivity contribution is 0.0774. The maximum Gasteiger partial charge on any atom is 0.256 e. The summed E-state index contributed by atoms with van der Waals surface area (Å²) < 4.78 is 11.1. The molecule has 5 nitrogen and oxygen atoms in total. The van der Waals surface area contributed by atoms with E-state index in [1.165, 1.54) is 0 Å². The summed E-state index contributed by atoms with van der Waals surface area (Å²) in [6.45, 7) is 1.16. The van der Waals surface area contributed by atoms with Crippen molar-refractivity contribution < 1.29 is 14.3 Å². The molecule has 1 amide bonds. The van der Waals surface area contributed by atoms with Crippen molar-refractivity contribution >= 4 is 29.4 Å². The Morgan fingerprint density at radius 3 is 3.04 bits per heavy atom. The third kappa shape index (κ3) is 3.20. The molecule has 0 spiro atoms. The number of fused-ring (bicyclic) bond motifs is 2. The molecule has 3 rings (SSSR count). The van der Waals surface area contributed by atoms with Crippen molar-refractivity contribution in [1.29, 1.82) is 0 Å². The second-order valence-corrected chi connectivity index (χ2v) is 5.75. The first kappa shape index (κ1) is 15.9. The number of aliphatic imine (C=N–C) groups is 1. The fraction of sp³-hybridized carbons (Fsp3) is 0.412. The van der Waals surface area contributed by atoms with Gasteiger partial charge in [0.2, 0.25) is 0 Å². The Morgan fingerprint density at radius 1 is 1.39 bits per heavy atom. The molecule has 2 aliphatic rings. The van der Waals surface area contributed by atoms with Crippen LogP contribution >= 0.6 is 11.6 Å². The number of allylic oxidation sites excluding steroid dienone is 1. The van der Waals surface area contributed by atoms with Gasteiger partial charge in [-0.3, -0.25) is 9.79 Å². The number of halogens is 1. The molecule has 0 N–H and O–H groups in total. The van der Waals surface area contributed by atoms with Crippen LogP contribution < -0.4 is 9.47 Å². The molecule has 1 atom stereocenters. The zero-order chi connectivity index (χ0) is 16.2. The number of nitrogens with zero attached hydrogens (tertiary/aromatic N) is 2. The quantitative estimate of drug-likeness (QED) is 0.614. The summed E-state index contributed by atoms with van der Waals surface area (Å²) >= 11 is 5.59. The Morgan fingerprint density at radius 2 is 2.26 bits per heavy atom. The molecule has 0 unspecified atom stereocenters. The maximum atomic E-state index is 12.7. The van der Waals surface area contributed by atoms with Crippen LogP contribution in [0.25, 0.3) is 0 Å². The van der Waals surface area contributed by atoms with E-state index in [0.29, 0.717) is 35.2 Å². The van der Waals surface area contributed by atoms with Crippen LogP contribution in [0.5, 0.6) is 11.5 Å². The van der Waals surface area contributed by atoms with Gasteiger partial charge in [0.25, 0.3) is 5.91 Å². The number of methoxy groups -OCH3 is 1. The van der Waals surface area contributed by atoms with Crippen LogP contribution in [0.15, 0.2) is 29.3 Å². The molecule has 122 valence electrons. The van der Waals surface area contributed by atoms with Crippen LogP contribution in [0.3, 0.4) is 0 Å². The molecule has 2 heterocycles. The van der Waals surface area contributed by atoms with E-state index in [-0.39, 0.29) is 11.9 Å². The number of hydrogen-bond acceptors (Lipinski definition) is 4. The zero-order valence-electron chi connectivity index (χ0n) is 13.0. The highest BCUT2D eigenvalue weighted by Gasteiger charge is 2.32. The van der Waals surface area contributed by atoms with Gasteiger partial charge >= 0.3 is 0 Å². The van der Waals surface area contributed by atoms with Gasteiger partial charge in [0.05, 0.1) is 24.4 Å². The molecule has 23 heavy (non-hydrogen) atoms. The molecule has 1 aromatic rings. The average Bonchev–Trinajstić information content (AvgIpc) is 3.00. The minimum absolute atomic E-state index is 0.00638. The van der Waals surface area contributed by atoms with E-state index in [9.17, 15) is 4.79 Å². The highest BCUT2D eigenvalue weighted by atomic mass is 35.5. The van der Waals surface area contributed by atoms with Crippen molar-refractivity contribution in [2.45, 2.75) is 18.9 Å². The van der Waals surface area contributed by atoms with Crippen molar-refractivity contribution in [3.05, 3.63) is 29.8 Å². The molecular formula is C17H19ClN2O3. The Hall–Kier alpha value is -2.01. The standard InChI is InChI=1S/C17H19ClN2O3/c1-22-15-9-13-14(10-16(15)23-8-3-2-6-18)19-11-12-5-4-7-20(12)17(13)21/h2-3,9-12H,4-8H2,1H3/b3-2-/t12-/m0/s1. The monoisotopic (exact) mass is 334 g/mol. The predicted octanol–water partition coefficient (Wildman–Crippen LogP) is 3.19. The van der Waals surface area contributed by atoms with E-state index in [4.69, 9.17) is 21.1 Å². The van der Waals surface area contributed by atoms with E-state index >= 15 is 0 Å². The van der Waals surface area contributed by atoms with Crippen LogP contribution in [-0.4, -0.2) is 49.2 Å². The van der Waals surface area contributed by atoms with Crippen LogP contribution in [0, 0.1) is 0 Å². The number of carbonyl (C=O) groups is 1. The van der Waals surface area contributed by atoms with Crippen LogP contribution in [-0.2, 0) is 0 Å². The molecule has 0 radical (unpaired) electrons. The number of benzene rings is 1. The Bertz CT molecular complexity index is 657. The van der Waals surface area contributed by atoms with Crippen molar-refractivity contribution in [3.8, 4) is 11.5 Å². The molecule has 6 heteroatoms. The van der Waals surface area contributed by atoms with Crippen LogP contribution in [0.2, 0.25) is 0 Å². The smallest absolute Gasteiger partial charge is 0.256 e. The van der Waals surface area contributed by atoms with E-state index < -0.39 is 0 Å². The number of rotatable bonds is 5. The fourth-order valence-corrected chi connectivity index (χ4v) is 3.02. The Kier molecular flexibility index (Phi) is 4.86. The lowest BCUT2D eigenvalue weighted by Gasteiger charge is -2.20. The molecule has 0 bridgehead atoms. The van der Waals surface area contributed by atoms with E-state index in [2.05, 4.69) is 4.99 Å². The minimum Gasteiger partial charge on any atom is -0.493 e. The second kappa shape index (κ2) is 7.04. The molecule has 2 aliphatic heterocycles. The molecule has 1 saturated heterocycles. The molecule has 0 aromatic heterocycles. The van der Waals surface area contributed by atoms with Gasteiger partial charge in [0.1, 0.15) is 6.61 Å². The summed E-state index contributed by atoms with van der Waals surface area (Å²) in [5, 5.41) is 0. The van der Waals surface area contributed by atoms with Gasteiger partial charge in [-0.2, -0.15) is 0 Å². The zero-order valence-corrected chi connectivity index (χ0v) is 13.8. The van der Waals surface area contributed by atoms with E-state index in [1.807, 2.05) is 23.3 Å². The molecule has 1 aromatic carbocycles. The largest absolute Gasteiger partial charge is 0.493 e. The van der Waals surface area contributed by atoms with Gasteiger partial charge in [-0.15, -0.1) is 11.6 Å². The first-order valence-electron chi connectivity index (χ1n) is 7.65. The first-order valence-corrected chi connectivity index (χ1v) is 8.19. The number of alkyl halides is 1. The Labute approximate surface area is 140 Å². The minimum atomic E-state index is 0.00638. The van der Waals surface area contributed by atoms with Crippen molar-refractivity contribution in [3.63, 3.8) is 0 Å². The highest BCUT2D eigenvalue weighted by molar-refractivity contribution is 6.18. The molecule has 0 saturated carbocycles. The van der Waals surface area contributed by atoms with Gasteiger partial charge in [-0.1, -0.05) is 12.2 Å². The number of amides is 1. The maximum absolute atomic E-state index is 12.7. The number of ether oxygens (including phenoxy) is 2. The summed E-state index contributed by atoms with van der Waals surface area (Å²) in [5.41, 5.74) is 1.19. The number of carbonyl (C=O) groups excluding carboxylic acids is 1. The van der Waals surface area contributed by atoms with Crippen molar-refractivity contribution in [2.75, 3.05) is 26.1 Å². The summed E-state index contributed by atoms with van der Waals surface area (Å²) in [7, 11) is 1.56. The van der Waals surface area contributed by atoms with Gasteiger partial charge in [0, 0.05) is 24.7 Å². The van der Waals surface area contributed by atoms with Crippen molar-refractivity contribution in [1.82, 2.24) is 4.90 Å². The van der Waals surface area contributed by atoms with Crippen LogP contribution in [0.4, 0.5) is 5.69 Å². The SMILES string of the molecule is COc1cc2c(cc1OC/C=C\CCl)N=C[C@@H]1CCCN1C2=O. The van der Waals surface area contributed by atoms with Gasteiger partial charge in [0.15, 0.2) is 11.5 Å². The van der Waals surface area contributed by atoms with Gasteiger partial charge in [-0.05, 0) is 18.9 Å². The fourth-order valence-electron chi connectivity index (χ4n) is 2.89. The molecule has 1 fully saturated rings. The highest BCUT2D eigenvalue weighted by Crippen LogP contribution is 2.37. The van der Waals surface area contributed by atoms with Gasteiger partial charge < -0.3 is 14.4 Å². The lowest BCUT2D eigenvalue weighted by atomic mass is 10.1. The van der Waals surface area contributed by atoms with E-state index in [0.717, 1.165) is 19.4 Å². The third-order valence-electron chi connectivity index (χ3n) is 4.05. The second-order valence-electron chi connectivity index (χ2n) is 5.44. The summed E-state index contributed by atoms with van der Waals surface area (Å²) in [6.07, 6.45) is 7.49. The first-order chi connectivity index (χ1) is 11.2. The summed E-state index contributed by atoms with van der Waals surface area (Å²) in [4.78, 5) is 19.1. The number of hydrogen-bond donors (Lipinski definition) is 0. The van der Waals surface area contributed by atoms with Crippen LogP contribution in [0.1, 0.15) is 23.2 Å². The topological polar surface area (TPSA) is 51.1 Å². The molecular weight excluding hydrogens is 316 g/mol. The lowest BCUT2D eigenvalue weighted by Crippen LogP contribution is -2.35. The summed E-state index contributed by atoms with van der Waals surface area (Å²) in [5.74, 6) is 1.55. The predicted molar refractivity (Wildman–Crippen MR) is 90.6 cm³/mol. The third-order valence-corrected chi connectivity index (χ3v) is 4.23. The summed E-state index contributed by atoms with van der Waals surface area (Å²) in [6, 6.07) is 3.58. The van der Waals surface area contributed by atoms with Gasteiger partial charge in [-0.25, -0.2) is 0 Å². The molecule has 0 aliphatic carbocycles. The van der Waals surface area contributed by atoms with E-state index in [1.54, 1.807) is 19.2 Å².